The molecule has 1 unspecified atom stereocenters. The van der Waals surface area contributed by atoms with E-state index in [1.165, 1.54) is 21.6 Å². The molecule has 2 heterocycles. The Hall–Kier alpha value is -1.19. The molecule has 0 aliphatic heterocycles. The minimum atomic E-state index is 0.261. The number of aryl methyl sites for hydroxylation is 2. The van der Waals surface area contributed by atoms with Crippen molar-refractivity contribution in [3.05, 3.63) is 51.5 Å². The highest BCUT2D eigenvalue weighted by Crippen LogP contribution is 2.26. The predicted molar refractivity (Wildman–Crippen MR) is 73.5 cm³/mol. The Kier molecular flexibility index (Phi) is 3.92. The molecule has 2 aromatic heterocycles. The van der Waals surface area contributed by atoms with E-state index in [2.05, 4.69) is 48.6 Å². The minimum absolute atomic E-state index is 0.261. The van der Waals surface area contributed by atoms with E-state index in [0.717, 1.165) is 6.54 Å². The minimum Gasteiger partial charge on any atom is -0.306 e. The molecule has 1 N–H and O–H groups in total. The van der Waals surface area contributed by atoms with Gasteiger partial charge in [-0.25, -0.2) is 0 Å². The fourth-order valence-corrected chi connectivity index (χ4v) is 2.71. The lowest BCUT2D eigenvalue weighted by Crippen LogP contribution is -2.21. The van der Waals surface area contributed by atoms with Crippen LogP contribution in [-0.4, -0.2) is 11.5 Å². The van der Waals surface area contributed by atoms with Gasteiger partial charge in [0.2, 0.25) is 0 Å². The van der Waals surface area contributed by atoms with E-state index in [9.17, 15) is 0 Å². The van der Waals surface area contributed by atoms with Crippen LogP contribution >= 0.6 is 11.3 Å². The highest BCUT2D eigenvalue weighted by molar-refractivity contribution is 7.10. The molecule has 0 amide bonds. The first-order valence-corrected chi connectivity index (χ1v) is 6.78. The number of nitrogens with one attached hydrogen (secondary N) is 1. The molecular weight excluding hydrogens is 228 g/mol. The van der Waals surface area contributed by atoms with Crippen LogP contribution in [0, 0.1) is 13.8 Å². The van der Waals surface area contributed by atoms with Crippen LogP contribution in [0.15, 0.2) is 29.9 Å². The molecule has 2 nitrogen and oxygen atoms in total. The van der Waals surface area contributed by atoms with Gasteiger partial charge in [-0.1, -0.05) is 13.0 Å². The molecule has 2 aromatic rings. The molecule has 0 saturated heterocycles. The number of aromatic nitrogens is 1. The van der Waals surface area contributed by atoms with Gasteiger partial charge in [-0.2, -0.15) is 0 Å². The summed E-state index contributed by atoms with van der Waals surface area (Å²) in [4.78, 5) is 5.63. The van der Waals surface area contributed by atoms with Crippen LogP contribution in [-0.2, 0) is 0 Å². The van der Waals surface area contributed by atoms with Crippen LogP contribution in [0.5, 0.6) is 0 Å². The Morgan fingerprint density at radius 3 is 2.65 bits per heavy atom. The van der Waals surface area contributed by atoms with Gasteiger partial charge in [-0.3, -0.25) is 4.98 Å². The fraction of sp³-hybridized carbons (Fsp3) is 0.357. The van der Waals surface area contributed by atoms with Gasteiger partial charge in [0.15, 0.2) is 0 Å². The van der Waals surface area contributed by atoms with E-state index in [0.29, 0.717) is 0 Å². The lowest BCUT2D eigenvalue weighted by Gasteiger charge is -2.17. The van der Waals surface area contributed by atoms with Crippen molar-refractivity contribution in [1.82, 2.24) is 10.3 Å². The van der Waals surface area contributed by atoms with Crippen molar-refractivity contribution in [3.8, 4) is 0 Å². The summed E-state index contributed by atoms with van der Waals surface area (Å²) in [5.41, 5.74) is 3.78. The zero-order valence-corrected chi connectivity index (χ0v) is 11.3. The maximum atomic E-state index is 4.28. The summed E-state index contributed by atoms with van der Waals surface area (Å²) in [7, 11) is 0. The third kappa shape index (κ3) is 2.93. The summed E-state index contributed by atoms with van der Waals surface area (Å²) in [5, 5.41) is 5.75. The number of pyridine rings is 1. The van der Waals surface area contributed by atoms with E-state index in [1.54, 1.807) is 11.3 Å². The predicted octanol–water partition coefficient (Wildman–Crippen LogP) is 3.46. The molecule has 0 aliphatic carbocycles. The highest BCUT2D eigenvalue weighted by Gasteiger charge is 2.14. The Morgan fingerprint density at radius 2 is 2.06 bits per heavy atom. The second-order valence-electron chi connectivity index (χ2n) is 4.28. The highest BCUT2D eigenvalue weighted by atomic mass is 32.1. The second-order valence-corrected chi connectivity index (χ2v) is 5.39. The third-order valence-corrected chi connectivity index (χ3v) is 3.60. The summed E-state index contributed by atoms with van der Waals surface area (Å²) >= 11 is 1.80. The lowest BCUT2D eigenvalue weighted by atomic mass is 10.0. The summed E-state index contributed by atoms with van der Waals surface area (Å²) < 4.78 is 0. The van der Waals surface area contributed by atoms with Gasteiger partial charge >= 0.3 is 0 Å². The van der Waals surface area contributed by atoms with Crippen molar-refractivity contribution in [2.75, 3.05) is 6.54 Å². The molecule has 17 heavy (non-hydrogen) atoms. The van der Waals surface area contributed by atoms with Crippen molar-refractivity contribution in [1.29, 1.82) is 0 Å². The van der Waals surface area contributed by atoms with Crippen molar-refractivity contribution in [3.63, 3.8) is 0 Å². The maximum absolute atomic E-state index is 4.28. The summed E-state index contributed by atoms with van der Waals surface area (Å²) in [6.07, 6.45) is 3.85. The molecule has 3 heteroatoms. The SMILES string of the molecule is CCNC(c1cncc(C)c1)c1csc(C)c1. The monoisotopic (exact) mass is 246 g/mol. The fourth-order valence-electron chi connectivity index (χ4n) is 1.98. The van der Waals surface area contributed by atoms with E-state index < -0.39 is 0 Å². The summed E-state index contributed by atoms with van der Waals surface area (Å²) in [6.45, 7) is 7.31. The molecule has 0 saturated carbocycles. The number of hydrogen-bond donors (Lipinski definition) is 1. The molecular formula is C14H18N2S. The first-order chi connectivity index (χ1) is 8.20. The van der Waals surface area contributed by atoms with Crippen molar-refractivity contribution >= 4 is 11.3 Å². The molecule has 0 fully saturated rings. The van der Waals surface area contributed by atoms with Gasteiger partial charge in [0.25, 0.3) is 0 Å². The maximum Gasteiger partial charge on any atom is 0.0600 e. The molecule has 1 atom stereocenters. The van der Waals surface area contributed by atoms with Crippen LogP contribution in [0.2, 0.25) is 0 Å². The molecule has 90 valence electrons. The smallest absolute Gasteiger partial charge is 0.0600 e. The van der Waals surface area contributed by atoms with E-state index >= 15 is 0 Å². The molecule has 0 radical (unpaired) electrons. The number of rotatable bonds is 4. The van der Waals surface area contributed by atoms with Crippen molar-refractivity contribution in [2.24, 2.45) is 0 Å². The largest absolute Gasteiger partial charge is 0.306 e. The van der Waals surface area contributed by atoms with Gasteiger partial charge in [0.1, 0.15) is 0 Å². The molecule has 0 aliphatic rings. The molecule has 0 aromatic carbocycles. The van der Waals surface area contributed by atoms with Crippen molar-refractivity contribution in [2.45, 2.75) is 26.8 Å². The van der Waals surface area contributed by atoms with Gasteiger partial charge in [0.05, 0.1) is 6.04 Å². The van der Waals surface area contributed by atoms with Gasteiger partial charge in [-0.05, 0) is 48.5 Å². The van der Waals surface area contributed by atoms with Crippen LogP contribution in [0.4, 0.5) is 0 Å². The summed E-state index contributed by atoms with van der Waals surface area (Å²) in [6, 6.07) is 4.71. The van der Waals surface area contributed by atoms with Crippen LogP contribution in [0.25, 0.3) is 0 Å². The van der Waals surface area contributed by atoms with Crippen LogP contribution in [0.3, 0.4) is 0 Å². The topological polar surface area (TPSA) is 24.9 Å². The normalized spacial score (nSPS) is 12.6. The van der Waals surface area contributed by atoms with E-state index in [-0.39, 0.29) is 6.04 Å². The zero-order valence-electron chi connectivity index (χ0n) is 10.5. The zero-order chi connectivity index (χ0) is 12.3. The standard InChI is InChI=1S/C14H18N2S/c1-4-16-14(13-6-11(3)17-9-13)12-5-10(2)7-15-8-12/h5-9,14,16H,4H2,1-3H3. The first kappa shape index (κ1) is 12.3. The Bertz CT molecular complexity index is 490. The molecule has 2 rings (SSSR count). The second kappa shape index (κ2) is 5.43. The lowest BCUT2D eigenvalue weighted by molar-refractivity contribution is 0.629. The van der Waals surface area contributed by atoms with E-state index in [4.69, 9.17) is 0 Å². The number of nitrogens with zero attached hydrogens (tertiary/aromatic N) is 1. The summed E-state index contributed by atoms with van der Waals surface area (Å²) in [5.74, 6) is 0. The average Bonchev–Trinajstić information content (AvgIpc) is 2.72. The molecule has 0 bridgehead atoms. The first-order valence-electron chi connectivity index (χ1n) is 5.90. The van der Waals surface area contributed by atoms with Crippen molar-refractivity contribution < 1.29 is 0 Å². The number of thiophene rings is 1. The number of hydrogen-bond acceptors (Lipinski definition) is 3. The van der Waals surface area contributed by atoms with Crippen LogP contribution in [0.1, 0.15) is 34.5 Å². The van der Waals surface area contributed by atoms with Crippen LogP contribution < -0.4 is 5.32 Å². The van der Waals surface area contributed by atoms with E-state index in [1.807, 2.05) is 12.4 Å². The van der Waals surface area contributed by atoms with Gasteiger partial charge < -0.3 is 5.32 Å². The quantitative estimate of drug-likeness (QED) is 0.893. The Morgan fingerprint density at radius 1 is 1.24 bits per heavy atom. The molecule has 0 spiro atoms. The van der Waals surface area contributed by atoms with Gasteiger partial charge in [-0.15, -0.1) is 11.3 Å². The third-order valence-electron chi connectivity index (χ3n) is 2.72. The Labute approximate surface area is 107 Å². The van der Waals surface area contributed by atoms with Gasteiger partial charge in [0, 0.05) is 17.3 Å². The Balaban J connectivity index is 2.35. The average molecular weight is 246 g/mol.